The Kier molecular flexibility index (Phi) is 5.49. The number of amides is 1. The lowest BCUT2D eigenvalue weighted by atomic mass is 10.1. The normalized spacial score (nSPS) is 17.8. The molecule has 0 aliphatic carbocycles. The van der Waals surface area contributed by atoms with Gasteiger partial charge in [0.1, 0.15) is 5.60 Å². The third-order valence-electron chi connectivity index (χ3n) is 3.81. The molecule has 3 N–H and O–H groups in total. The standard InChI is InChI=1S/C17H27N3O3/c1-17(2,3)23-16(22)20-10-8-19(9-11-20)12-15(21)13-6-4-5-7-14(13)18/h4-7,15,21H,8-12,18H2,1-3H3. The van der Waals surface area contributed by atoms with Crippen molar-refractivity contribution >= 4 is 11.8 Å². The molecule has 1 amide bonds. The minimum atomic E-state index is -0.621. The molecule has 0 spiro atoms. The highest BCUT2D eigenvalue weighted by Crippen LogP contribution is 2.21. The minimum absolute atomic E-state index is 0.273. The Morgan fingerprint density at radius 2 is 1.87 bits per heavy atom. The molecular weight excluding hydrogens is 294 g/mol. The molecule has 1 atom stereocenters. The van der Waals surface area contributed by atoms with Crippen molar-refractivity contribution in [1.82, 2.24) is 9.80 Å². The van der Waals surface area contributed by atoms with Crippen molar-refractivity contribution in [2.75, 3.05) is 38.5 Å². The van der Waals surface area contributed by atoms with Gasteiger partial charge in [0.15, 0.2) is 0 Å². The molecule has 0 saturated carbocycles. The number of aliphatic hydroxyl groups is 1. The summed E-state index contributed by atoms with van der Waals surface area (Å²) in [7, 11) is 0. The zero-order valence-electron chi connectivity index (χ0n) is 14.2. The van der Waals surface area contributed by atoms with Crippen LogP contribution in [0.4, 0.5) is 10.5 Å². The van der Waals surface area contributed by atoms with Gasteiger partial charge in [-0.1, -0.05) is 18.2 Å². The van der Waals surface area contributed by atoms with Crippen LogP contribution < -0.4 is 5.73 Å². The minimum Gasteiger partial charge on any atom is -0.444 e. The maximum absolute atomic E-state index is 12.0. The van der Waals surface area contributed by atoms with Crippen LogP contribution in [-0.2, 0) is 4.74 Å². The number of carbonyl (C=O) groups excluding carboxylic acids is 1. The second-order valence-electron chi connectivity index (χ2n) is 6.91. The fourth-order valence-corrected chi connectivity index (χ4v) is 2.60. The van der Waals surface area contributed by atoms with E-state index in [1.165, 1.54) is 0 Å². The van der Waals surface area contributed by atoms with E-state index in [2.05, 4.69) is 4.90 Å². The first kappa shape index (κ1) is 17.6. The second kappa shape index (κ2) is 7.19. The van der Waals surface area contributed by atoms with Gasteiger partial charge in [0.05, 0.1) is 6.10 Å². The Morgan fingerprint density at radius 3 is 2.43 bits per heavy atom. The summed E-state index contributed by atoms with van der Waals surface area (Å²) in [4.78, 5) is 15.9. The number of ether oxygens (including phenoxy) is 1. The molecule has 0 bridgehead atoms. The fourth-order valence-electron chi connectivity index (χ4n) is 2.60. The van der Waals surface area contributed by atoms with Gasteiger partial charge in [-0.2, -0.15) is 0 Å². The Bertz CT molecular complexity index is 534. The molecule has 1 heterocycles. The number of hydrogen-bond donors (Lipinski definition) is 2. The largest absolute Gasteiger partial charge is 0.444 e. The molecule has 1 saturated heterocycles. The van der Waals surface area contributed by atoms with Gasteiger partial charge >= 0.3 is 6.09 Å². The molecule has 0 aromatic heterocycles. The smallest absolute Gasteiger partial charge is 0.410 e. The van der Waals surface area contributed by atoms with Crippen LogP contribution in [0.2, 0.25) is 0 Å². The van der Waals surface area contributed by atoms with Crippen molar-refractivity contribution in [3.63, 3.8) is 0 Å². The lowest BCUT2D eigenvalue weighted by Crippen LogP contribution is -2.50. The number of nitrogen functional groups attached to an aromatic ring is 1. The van der Waals surface area contributed by atoms with Crippen molar-refractivity contribution in [3.8, 4) is 0 Å². The van der Waals surface area contributed by atoms with Crippen LogP contribution in [0.15, 0.2) is 24.3 Å². The highest BCUT2D eigenvalue weighted by Gasteiger charge is 2.26. The lowest BCUT2D eigenvalue weighted by Gasteiger charge is -2.36. The van der Waals surface area contributed by atoms with E-state index < -0.39 is 11.7 Å². The number of hydrogen-bond acceptors (Lipinski definition) is 5. The number of β-amino-alcohol motifs (C(OH)–C–C–N with tert-alkyl or cyclic N) is 1. The van der Waals surface area contributed by atoms with E-state index in [0.717, 1.165) is 5.56 Å². The van der Waals surface area contributed by atoms with Gasteiger partial charge in [0, 0.05) is 44.0 Å². The number of para-hydroxylation sites is 1. The van der Waals surface area contributed by atoms with Gasteiger partial charge < -0.3 is 20.5 Å². The first-order chi connectivity index (χ1) is 10.8. The number of aliphatic hydroxyl groups excluding tert-OH is 1. The van der Waals surface area contributed by atoms with Crippen molar-refractivity contribution < 1.29 is 14.6 Å². The van der Waals surface area contributed by atoms with E-state index >= 15 is 0 Å². The van der Waals surface area contributed by atoms with E-state index in [0.29, 0.717) is 38.4 Å². The first-order valence-corrected chi connectivity index (χ1v) is 7.99. The lowest BCUT2D eigenvalue weighted by molar-refractivity contribution is 0.0101. The molecule has 6 heteroatoms. The Hall–Kier alpha value is -1.79. The van der Waals surface area contributed by atoms with Gasteiger partial charge in [0.25, 0.3) is 0 Å². The number of nitrogens with two attached hydrogens (primary N) is 1. The van der Waals surface area contributed by atoms with Crippen molar-refractivity contribution in [1.29, 1.82) is 0 Å². The molecule has 0 radical (unpaired) electrons. The predicted molar refractivity (Wildman–Crippen MR) is 90.1 cm³/mol. The van der Waals surface area contributed by atoms with Crippen LogP contribution >= 0.6 is 0 Å². The van der Waals surface area contributed by atoms with Crippen molar-refractivity contribution in [2.45, 2.75) is 32.5 Å². The van der Waals surface area contributed by atoms with Crippen LogP contribution in [0.5, 0.6) is 0 Å². The molecule has 2 rings (SSSR count). The van der Waals surface area contributed by atoms with E-state index in [1.807, 2.05) is 39.0 Å². The summed E-state index contributed by atoms with van der Waals surface area (Å²) in [6.45, 7) is 8.73. The molecule has 1 fully saturated rings. The zero-order chi connectivity index (χ0) is 17.0. The van der Waals surface area contributed by atoms with Crippen LogP contribution in [0.3, 0.4) is 0 Å². The molecule has 128 valence electrons. The highest BCUT2D eigenvalue weighted by atomic mass is 16.6. The number of nitrogens with zero attached hydrogens (tertiary/aromatic N) is 2. The summed E-state index contributed by atoms with van der Waals surface area (Å²) in [6.07, 6.45) is -0.894. The summed E-state index contributed by atoms with van der Waals surface area (Å²) < 4.78 is 5.38. The number of rotatable bonds is 3. The molecular formula is C17H27N3O3. The zero-order valence-corrected chi connectivity index (χ0v) is 14.2. The maximum Gasteiger partial charge on any atom is 0.410 e. The fraction of sp³-hybridized carbons (Fsp3) is 0.588. The molecule has 1 aromatic rings. The van der Waals surface area contributed by atoms with Crippen LogP contribution in [0.1, 0.15) is 32.4 Å². The molecule has 1 aliphatic rings. The SMILES string of the molecule is CC(C)(C)OC(=O)N1CCN(CC(O)c2ccccc2N)CC1. The summed E-state index contributed by atoms with van der Waals surface area (Å²) in [5.41, 5.74) is 6.78. The van der Waals surface area contributed by atoms with Gasteiger partial charge in [0.2, 0.25) is 0 Å². The summed E-state index contributed by atoms with van der Waals surface area (Å²) in [5.74, 6) is 0. The van der Waals surface area contributed by atoms with Crippen LogP contribution in [-0.4, -0.2) is 59.3 Å². The van der Waals surface area contributed by atoms with Gasteiger partial charge in [-0.05, 0) is 26.8 Å². The molecule has 1 unspecified atom stereocenters. The first-order valence-electron chi connectivity index (χ1n) is 7.99. The Balaban J connectivity index is 1.83. The Morgan fingerprint density at radius 1 is 1.26 bits per heavy atom. The summed E-state index contributed by atoms with van der Waals surface area (Å²) in [5, 5.41) is 10.4. The van der Waals surface area contributed by atoms with E-state index in [9.17, 15) is 9.90 Å². The van der Waals surface area contributed by atoms with Gasteiger partial charge in [-0.25, -0.2) is 4.79 Å². The average Bonchev–Trinajstić information content (AvgIpc) is 2.46. The summed E-state index contributed by atoms with van der Waals surface area (Å²) >= 11 is 0. The third-order valence-corrected chi connectivity index (χ3v) is 3.81. The number of piperazine rings is 1. The average molecular weight is 321 g/mol. The number of carbonyl (C=O) groups is 1. The highest BCUT2D eigenvalue weighted by molar-refractivity contribution is 5.68. The second-order valence-corrected chi connectivity index (χ2v) is 6.91. The molecule has 1 aliphatic heterocycles. The molecule has 23 heavy (non-hydrogen) atoms. The maximum atomic E-state index is 12.0. The quantitative estimate of drug-likeness (QED) is 0.831. The third kappa shape index (κ3) is 5.11. The van der Waals surface area contributed by atoms with E-state index in [4.69, 9.17) is 10.5 Å². The molecule has 6 nitrogen and oxygen atoms in total. The number of anilines is 1. The molecule has 1 aromatic carbocycles. The predicted octanol–water partition coefficient (Wildman–Crippen LogP) is 1.85. The van der Waals surface area contributed by atoms with Gasteiger partial charge in [-0.3, -0.25) is 4.90 Å². The van der Waals surface area contributed by atoms with Crippen LogP contribution in [0, 0.1) is 0 Å². The monoisotopic (exact) mass is 321 g/mol. The van der Waals surface area contributed by atoms with E-state index in [1.54, 1.807) is 11.0 Å². The van der Waals surface area contributed by atoms with Gasteiger partial charge in [-0.15, -0.1) is 0 Å². The number of benzene rings is 1. The van der Waals surface area contributed by atoms with Crippen LogP contribution in [0.25, 0.3) is 0 Å². The van der Waals surface area contributed by atoms with E-state index in [-0.39, 0.29) is 6.09 Å². The van der Waals surface area contributed by atoms with Crippen molar-refractivity contribution in [3.05, 3.63) is 29.8 Å². The Labute approximate surface area is 137 Å². The topological polar surface area (TPSA) is 79.0 Å². The van der Waals surface area contributed by atoms with Crippen molar-refractivity contribution in [2.24, 2.45) is 0 Å². The summed E-state index contributed by atoms with van der Waals surface area (Å²) in [6, 6.07) is 7.36.